The van der Waals surface area contributed by atoms with Gasteiger partial charge >= 0.3 is 6.43 Å². The molecule has 1 aromatic heterocycles. The van der Waals surface area contributed by atoms with Gasteiger partial charge in [-0.1, -0.05) is 5.16 Å². The fourth-order valence-electron chi connectivity index (χ4n) is 0.960. The van der Waals surface area contributed by atoms with E-state index in [-0.39, 0.29) is 18.5 Å². The summed E-state index contributed by atoms with van der Waals surface area (Å²) in [7, 11) is 0. The third-order valence-corrected chi connectivity index (χ3v) is 1.86. The fraction of sp³-hybridized carbons (Fsp3) is 0.778. The van der Waals surface area contributed by atoms with Crippen LogP contribution in [0, 0.1) is 0 Å². The lowest BCUT2D eigenvalue weighted by molar-refractivity contribution is 0.0410. The molecule has 0 bridgehead atoms. The molecule has 0 aromatic carbocycles. The van der Waals surface area contributed by atoms with Crippen LogP contribution in [0.25, 0.3) is 0 Å². The van der Waals surface area contributed by atoms with Crippen molar-refractivity contribution in [2.45, 2.75) is 38.8 Å². The number of halogens is 2. The molecule has 7 heteroatoms. The fourth-order valence-corrected chi connectivity index (χ4v) is 0.960. The van der Waals surface area contributed by atoms with Gasteiger partial charge in [-0.15, -0.1) is 0 Å². The Morgan fingerprint density at radius 3 is 2.56 bits per heavy atom. The van der Waals surface area contributed by atoms with E-state index in [0.29, 0.717) is 0 Å². The number of alkyl halides is 2. The van der Waals surface area contributed by atoms with Crippen LogP contribution in [0.5, 0.6) is 0 Å². The van der Waals surface area contributed by atoms with E-state index in [2.05, 4.69) is 14.7 Å². The van der Waals surface area contributed by atoms with Crippen molar-refractivity contribution in [3.05, 3.63) is 11.7 Å². The Labute approximate surface area is 92.0 Å². The zero-order chi connectivity index (χ0) is 12.3. The van der Waals surface area contributed by atoms with Gasteiger partial charge in [0.2, 0.25) is 0 Å². The van der Waals surface area contributed by atoms with Gasteiger partial charge in [0.1, 0.15) is 5.54 Å². The number of hydrogen-bond acceptors (Lipinski definition) is 5. The largest absolute Gasteiger partial charge is 0.376 e. The van der Waals surface area contributed by atoms with E-state index in [0.717, 1.165) is 0 Å². The molecule has 92 valence electrons. The summed E-state index contributed by atoms with van der Waals surface area (Å²) in [6.45, 7) is 5.41. The average Bonchev–Trinajstić information content (AvgIpc) is 2.64. The highest BCUT2D eigenvalue weighted by Gasteiger charge is 2.30. The van der Waals surface area contributed by atoms with E-state index >= 15 is 0 Å². The molecule has 1 unspecified atom stereocenters. The number of aromatic nitrogens is 2. The first kappa shape index (κ1) is 13.0. The van der Waals surface area contributed by atoms with Crippen LogP contribution in [0.1, 0.15) is 38.9 Å². The number of hydrogen-bond donors (Lipinski definition) is 1. The van der Waals surface area contributed by atoms with Crippen molar-refractivity contribution in [3.63, 3.8) is 0 Å². The standard InChI is InChI=1S/C9H15F2N3O2/c1-5(2)15-4-9(3,12)8-13-7(6(10)11)16-14-8/h5-6H,4,12H2,1-3H3. The molecular weight excluding hydrogens is 220 g/mol. The van der Waals surface area contributed by atoms with Gasteiger partial charge in [-0.05, 0) is 20.8 Å². The first-order valence-corrected chi connectivity index (χ1v) is 4.85. The van der Waals surface area contributed by atoms with Gasteiger partial charge in [0.05, 0.1) is 12.7 Å². The van der Waals surface area contributed by atoms with Crippen molar-refractivity contribution in [1.82, 2.24) is 10.1 Å². The van der Waals surface area contributed by atoms with Crippen LogP contribution in [-0.4, -0.2) is 22.9 Å². The number of rotatable bonds is 5. The van der Waals surface area contributed by atoms with Crippen LogP contribution >= 0.6 is 0 Å². The minimum absolute atomic E-state index is 0.00987. The minimum atomic E-state index is -2.79. The highest BCUT2D eigenvalue weighted by Crippen LogP contribution is 2.20. The van der Waals surface area contributed by atoms with Crippen molar-refractivity contribution in [3.8, 4) is 0 Å². The SMILES string of the molecule is CC(C)OCC(C)(N)c1noc(C(F)F)n1. The molecule has 1 heterocycles. The minimum Gasteiger partial charge on any atom is -0.376 e. The molecule has 0 radical (unpaired) electrons. The number of nitrogens with two attached hydrogens (primary N) is 1. The Bertz CT molecular complexity index is 339. The summed E-state index contributed by atoms with van der Waals surface area (Å²) < 4.78 is 34.1. The second-order valence-electron chi connectivity index (χ2n) is 4.03. The molecule has 2 N–H and O–H groups in total. The van der Waals surface area contributed by atoms with Gasteiger partial charge in [0, 0.05) is 0 Å². The van der Waals surface area contributed by atoms with E-state index in [1.54, 1.807) is 6.92 Å². The summed E-state index contributed by atoms with van der Waals surface area (Å²) >= 11 is 0. The van der Waals surface area contributed by atoms with Gasteiger partial charge in [0.15, 0.2) is 5.82 Å². The first-order chi connectivity index (χ1) is 7.33. The smallest absolute Gasteiger partial charge is 0.315 e. The van der Waals surface area contributed by atoms with Crippen molar-refractivity contribution >= 4 is 0 Å². The lowest BCUT2D eigenvalue weighted by atomic mass is 10.1. The number of nitrogens with zero attached hydrogens (tertiary/aromatic N) is 2. The Balaban J connectivity index is 2.73. The summed E-state index contributed by atoms with van der Waals surface area (Å²) in [4.78, 5) is 3.53. The van der Waals surface area contributed by atoms with Crippen LogP contribution in [0.3, 0.4) is 0 Å². The Morgan fingerprint density at radius 1 is 1.50 bits per heavy atom. The number of ether oxygens (including phenoxy) is 1. The maximum absolute atomic E-state index is 12.2. The van der Waals surface area contributed by atoms with Crippen LogP contribution in [0.15, 0.2) is 4.52 Å². The predicted octanol–water partition coefficient (Wildman–Crippen LogP) is 1.61. The topological polar surface area (TPSA) is 74.2 Å². The highest BCUT2D eigenvalue weighted by molar-refractivity contribution is 5.02. The van der Waals surface area contributed by atoms with Crippen molar-refractivity contribution in [2.24, 2.45) is 5.73 Å². The molecule has 0 saturated heterocycles. The molecule has 0 spiro atoms. The maximum Gasteiger partial charge on any atom is 0.315 e. The Hall–Kier alpha value is -1.08. The van der Waals surface area contributed by atoms with Crippen LogP contribution in [0.2, 0.25) is 0 Å². The molecule has 1 rings (SSSR count). The quantitative estimate of drug-likeness (QED) is 0.839. The predicted molar refractivity (Wildman–Crippen MR) is 51.9 cm³/mol. The molecule has 1 atom stereocenters. The molecular formula is C9H15F2N3O2. The second kappa shape index (κ2) is 4.84. The molecule has 0 aliphatic rings. The van der Waals surface area contributed by atoms with E-state index in [1.165, 1.54) is 0 Å². The Kier molecular flexibility index (Phi) is 3.93. The van der Waals surface area contributed by atoms with E-state index in [1.807, 2.05) is 13.8 Å². The molecule has 16 heavy (non-hydrogen) atoms. The van der Waals surface area contributed by atoms with Gasteiger partial charge < -0.3 is 15.0 Å². The third-order valence-electron chi connectivity index (χ3n) is 1.86. The molecule has 0 fully saturated rings. The zero-order valence-electron chi connectivity index (χ0n) is 9.41. The monoisotopic (exact) mass is 235 g/mol. The summed E-state index contributed by atoms with van der Waals surface area (Å²) in [6, 6.07) is 0. The van der Waals surface area contributed by atoms with E-state index in [4.69, 9.17) is 10.5 Å². The van der Waals surface area contributed by atoms with Gasteiger partial charge in [0.25, 0.3) is 5.89 Å². The summed E-state index contributed by atoms with van der Waals surface area (Å²) in [6.07, 6.45) is -2.80. The van der Waals surface area contributed by atoms with Crippen molar-refractivity contribution < 1.29 is 18.0 Å². The van der Waals surface area contributed by atoms with Crippen molar-refractivity contribution in [1.29, 1.82) is 0 Å². The van der Waals surface area contributed by atoms with Gasteiger partial charge in [-0.3, -0.25) is 0 Å². The summed E-state index contributed by atoms with van der Waals surface area (Å²) in [5.74, 6) is -0.709. The summed E-state index contributed by atoms with van der Waals surface area (Å²) in [5, 5.41) is 3.42. The average molecular weight is 235 g/mol. The van der Waals surface area contributed by atoms with Gasteiger partial charge in [-0.25, -0.2) is 0 Å². The first-order valence-electron chi connectivity index (χ1n) is 4.85. The summed E-state index contributed by atoms with van der Waals surface area (Å²) in [5.41, 5.74) is 4.80. The van der Waals surface area contributed by atoms with Crippen LogP contribution < -0.4 is 5.73 Å². The van der Waals surface area contributed by atoms with E-state index < -0.39 is 17.9 Å². The van der Waals surface area contributed by atoms with Crippen molar-refractivity contribution in [2.75, 3.05) is 6.61 Å². The lowest BCUT2D eigenvalue weighted by Crippen LogP contribution is -2.40. The molecule has 5 nitrogen and oxygen atoms in total. The molecule has 1 aromatic rings. The van der Waals surface area contributed by atoms with E-state index in [9.17, 15) is 8.78 Å². The van der Waals surface area contributed by atoms with Gasteiger partial charge in [-0.2, -0.15) is 13.8 Å². The normalized spacial score (nSPS) is 15.8. The van der Waals surface area contributed by atoms with Crippen LogP contribution in [-0.2, 0) is 10.3 Å². The molecule has 0 amide bonds. The van der Waals surface area contributed by atoms with Crippen LogP contribution in [0.4, 0.5) is 8.78 Å². The third kappa shape index (κ3) is 3.21. The molecule has 0 aliphatic heterocycles. The second-order valence-corrected chi connectivity index (χ2v) is 4.03. The zero-order valence-corrected chi connectivity index (χ0v) is 9.41. The maximum atomic E-state index is 12.2. The molecule has 0 aliphatic carbocycles. The molecule has 0 saturated carbocycles. The Morgan fingerprint density at radius 2 is 2.12 bits per heavy atom. The lowest BCUT2D eigenvalue weighted by Gasteiger charge is -2.21. The highest BCUT2D eigenvalue weighted by atomic mass is 19.3.